The van der Waals surface area contributed by atoms with Crippen molar-refractivity contribution in [3.05, 3.63) is 29.8 Å². The van der Waals surface area contributed by atoms with Gasteiger partial charge in [-0.3, -0.25) is 0 Å². The summed E-state index contributed by atoms with van der Waals surface area (Å²) < 4.78 is 16.1. The van der Waals surface area contributed by atoms with E-state index in [4.69, 9.17) is 0 Å². The van der Waals surface area contributed by atoms with E-state index in [1.807, 2.05) is 6.07 Å². The second-order valence-corrected chi connectivity index (χ2v) is 5.25. The molecule has 2 aromatic rings. The minimum absolute atomic E-state index is 0.0819. The number of nitrogens with one attached hydrogen (secondary N) is 1. The second kappa shape index (κ2) is 4.60. The number of fused-ring (bicyclic) bond motifs is 1. The lowest BCUT2D eigenvalue weighted by molar-refractivity contribution is 0.340. The van der Waals surface area contributed by atoms with Crippen LogP contribution in [0.25, 0.3) is 11.0 Å². The monoisotopic (exact) mass is 261 g/mol. The van der Waals surface area contributed by atoms with Crippen LogP contribution in [0.5, 0.6) is 0 Å². The quantitative estimate of drug-likeness (QED) is 0.919. The Bertz CT molecular complexity index is 597. The molecule has 1 unspecified atom stereocenters. The molecule has 1 fully saturated rings. The van der Waals surface area contributed by atoms with E-state index in [2.05, 4.69) is 28.7 Å². The Labute approximate surface area is 112 Å². The summed E-state index contributed by atoms with van der Waals surface area (Å²) in [6, 6.07) is 5.20. The fourth-order valence-electron chi connectivity index (χ4n) is 3.26. The van der Waals surface area contributed by atoms with Crippen LogP contribution in [0.2, 0.25) is 0 Å². The van der Waals surface area contributed by atoms with Crippen molar-refractivity contribution in [1.82, 2.24) is 14.9 Å². The molecule has 3 nitrogen and oxygen atoms in total. The predicted molar refractivity (Wildman–Crippen MR) is 74.6 cm³/mol. The van der Waals surface area contributed by atoms with Crippen molar-refractivity contribution in [2.24, 2.45) is 0 Å². The molecule has 4 heteroatoms. The van der Waals surface area contributed by atoms with Crippen molar-refractivity contribution >= 4 is 11.0 Å². The molecule has 1 aliphatic rings. The molecule has 2 heterocycles. The molecule has 0 radical (unpaired) electrons. The molecule has 0 spiro atoms. The summed E-state index contributed by atoms with van der Waals surface area (Å²) in [5.41, 5.74) is 1.32. The summed E-state index contributed by atoms with van der Waals surface area (Å²) in [6.07, 6.45) is 3.22. The van der Waals surface area contributed by atoms with Gasteiger partial charge < -0.3 is 9.88 Å². The molecule has 0 bridgehead atoms. The zero-order valence-corrected chi connectivity index (χ0v) is 11.5. The van der Waals surface area contributed by atoms with Gasteiger partial charge in [0.15, 0.2) is 5.82 Å². The van der Waals surface area contributed by atoms with Crippen LogP contribution >= 0.6 is 0 Å². The molecule has 1 saturated heterocycles. The highest BCUT2D eigenvalue weighted by molar-refractivity contribution is 5.77. The van der Waals surface area contributed by atoms with Gasteiger partial charge in [0.05, 0.1) is 11.1 Å². The lowest BCUT2D eigenvalue weighted by atomic mass is 9.93. The van der Waals surface area contributed by atoms with Gasteiger partial charge in [-0.15, -0.1) is 0 Å². The van der Waals surface area contributed by atoms with Crippen LogP contribution < -0.4 is 5.32 Å². The summed E-state index contributed by atoms with van der Waals surface area (Å²) in [4.78, 5) is 4.63. The first-order valence-corrected chi connectivity index (χ1v) is 7.12. The van der Waals surface area contributed by atoms with E-state index in [1.54, 1.807) is 6.07 Å². The molecule has 1 atom stereocenters. The summed E-state index contributed by atoms with van der Waals surface area (Å²) in [6.45, 7) is 6.10. The van der Waals surface area contributed by atoms with Crippen LogP contribution in [0.1, 0.15) is 38.9 Å². The molecule has 0 saturated carbocycles. The third-order valence-electron chi connectivity index (χ3n) is 4.32. The zero-order valence-electron chi connectivity index (χ0n) is 11.5. The average Bonchev–Trinajstić information content (AvgIpc) is 3.04. The van der Waals surface area contributed by atoms with E-state index in [9.17, 15) is 4.39 Å². The first-order valence-electron chi connectivity index (χ1n) is 7.12. The van der Waals surface area contributed by atoms with Crippen molar-refractivity contribution in [3.63, 3.8) is 0 Å². The van der Waals surface area contributed by atoms with E-state index in [0.29, 0.717) is 5.52 Å². The number of hydrogen-bond donors (Lipinski definition) is 1. The normalized spacial score (nSPS) is 23.3. The van der Waals surface area contributed by atoms with Crippen molar-refractivity contribution in [2.75, 3.05) is 6.54 Å². The van der Waals surface area contributed by atoms with Crippen molar-refractivity contribution in [1.29, 1.82) is 0 Å². The maximum absolute atomic E-state index is 13.9. The van der Waals surface area contributed by atoms with Gasteiger partial charge in [-0.05, 0) is 44.9 Å². The first kappa shape index (κ1) is 12.6. The van der Waals surface area contributed by atoms with E-state index >= 15 is 0 Å². The molecule has 1 aromatic carbocycles. The average molecular weight is 261 g/mol. The predicted octanol–water partition coefficient (Wildman–Crippen LogP) is 3.18. The third kappa shape index (κ3) is 1.77. The highest BCUT2D eigenvalue weighted by atomic mass is 19.1. The topological polar surface area (TPSA) is 29.9 Å². The fraction of sp³-hybridized carbons (Fsp3) is 0.533. The van der Waals surface area contributed by atoms with Crippen molar-refractivity contribution in [3.8, 4) is 0 Å². The van der Waals surface area contributed by atoms with E-state index in [0.717, 1.165) is 43.7 Å². The third-order valence-corrected chi connectivity index (χ3v) is 4.32. The molecule has 0 amide bonds. The van der Waals surface area contributed by atoms with Crippen LogP contribution in [0.3, 0.4) is 0 Å². The summed E-state index contributed by atoms with van der Waals surface area (Å²) in [5.74, 6) is 0.769. The Balaban J connectivity index is 2.26. The first-order chi connectivity index (χ1) is 9.22. The molecule has 1 N–H and O–H groups in total. The van der Waals surface area contributed by atoms with Gasteiger partial charge in [0.1, 0.15) is 11.3 Å². The van der Waals surface area contributed by atoms with Crippen molar-refractivity contribution in [2.45, 2.75) is 45.2 Å². The number of aryl methyl sites for hydroxylation is 1. The van der Waals surface area contributed by atoms with Gasteiger partial charge in [-0.25, -0.2) is 9.37 Å². The molecule has 1 aromatic heterocycles. The second-order valence-electron chi connectivity index (χ2n) is 5.25. The number of aromatic nitrogens is 2. The van der Waals surface area contributed by atoms with Crippen LogP contribution in [-0.2, 0) is 12.1 Å². The molecular weight excluding hydrogens is 241 g/mol. The number of imidazole rings is 1. The molecular formula is C15H20FN3. The van der Waals surface area contributed by atoms with Gasteiger partial charge in [0.25, 0.3) is 0 Å². The number of benzene rings is 1. The number of halogens is 1. The van der Waals surface area contributed by atoms with E-state index in [1.165, 1.54) is 6.07 Å². The highest BCUT2D eigenvalue weighted by Gasteiger charge is 2.38. The smallest absolute Gasteiger partial charge is 0.151 e. The minimum atomic E-state index is -0.227. The zero-order chi connectivity index (χ0) is 13.5. The molecule has 1 aliphatic heterocycles. The maximum Gasteiger partial charge on any atom is 0.151 e. The standard InChI is InChI=1S/C15H20FN3/c1-3-15(9-6-10-17-15)14-18-13-11(16)7-5-8-12(13)19(14)4-2/h5,7-8,17H,3-4,6,9-10H2,1-2H3. The highest BCUT2D eigenvalue weighted by Crippen LogP contribution is 2.35. The van der Waals surface area contributed by atoms with Gasteiger partial charge in [-0.2, -0.15) is 0 Å². The summed E-state index contributed by atoms with van der Waals surface area (Å²) in [5, 5.41) is 3.59. The molecule has 19 heavy (non-hydrogen) atoms. The number of para-hydroxylation sites is 1. The largest absolute Gasteiger partial charge is 0.327 e. The Morgan fingerprint density at radius 2 is 2.26 bits per heavy atom. The maximum atomic E-state index is 13.9. The van der Waals surface area contributed by atoms with Crippen LogP contribution in [0.15, 0.2) is 18.2 Å². The lowest BCUT2D eigenvalue weighted by Gasteiger charge is -2.28. The van der Waals surface area contributed by atoms with Crippen LogP contribution in [0, 0.1) is 5.82 Å². The summed E-state index contributed by atoms with van der Waals surface area (Å²) in [7, 11) is 0. The molecule has 0 aliphatic carbocycles. The number of hydrogen-bond acceptors (Lipinski definition) is 2. The molecule has 102 valence electrons. The van der Waals surface area contributed by atoms with Crippen LogP contribution in [-0.4, -0.2) is 16.1 Å². The fourth-order valence-corrected chi connectivity index (χ4v) is 3.26. The van der Waals surface area contributed by atoms with Gasteiger partial charge >= 0.3 is 0 Å². The van der Waals surface area contributed by atoms with E-state index in [-0.39, 0.29) is 11.4 Å². The molecule has 3 rings (SSSR count). The Morgan fingerprint density at radius 1 is 1.42 bits per heavy atom. The van der Waals surface area contributed by atoms with Crippen molar-refractivity contribution < 1.29 is 4.39 Å². The SMILES string of the molecule is CCn1c(C2(CC)CCCN2)nc2c(F)cccc21. The lowest BCUT2D eigenvalue weighted by Crippen LogP contribution is -2.38. The minimum Gasteiger partial charge on any atom is -0.327 e. The van der Waals surface area contributed by atoms with Gasteiger partial charge in [-0.1, -0.05) is 13.0 Å². The Morgan fingerprint density at radius 3 is 2.89 bits per heavy atom. The van der Waals surface area contributed by atoms with E-state index < -0.39 is 0 Å². The van der Waals surface area contributed by atoms with Gasteiger partial charge in [0.2, 0.25) is 0 Å². The summed E-state index contributed by atoms with van der Waals surface area (Å²) >= 11 is 0. The van der Waals surface area contributed by atoms with Gasteiger partial charge in [0, 0.05) is 6.54 Å². The Kier molecular flexibility index (Phi) is 3.05. The number of rotatable bonds is 3. The Hall–Kier alpha value is -1.42. The van der Waals surface area contributed by atoms with Crippen LogP contribution in [0.4, 0.5) is 4.39 Å². The number of nitrogens with zero attached hydrogens (tertiary/aromatic N) is 2.